The number of ether oxygens (including phenoxy) is 1. The van der Waals surface area contributed by atoms with E-state index in [0.29, 0.717) is 10.4 Å². The lowest BCUT2D eigenvalue weighted by molar-refractivity contribution is 0.0478. The summed E-state index contributed by atoms with van der Waals surface area (Å²) in [4.78, 5) is 26.5. The molecule has 3 aromatic rings. The molecule has 136 valence electrons. The van der Waals surface area contributed by atoms with Gasteiger partial charge in [-0.1, -0.05) is 6.07 Å². The highest BCUT2D eigenvalue weighted by Gasteiger charge is 2.19. The van der Waals surface area contributed by atoms with Gasteiger partial charge in [0.25, 0.3) is 0 Å². The van der Waals surface area contributed by atoms with Crippen molar-refractivity contribution in [2.24, 2.45) is 0 Å². The summed E-state index contributed by atoms with van der Waals surface area (Å²) in [5.41, 5.74) is 3.47. The van der Waals surface area contributed by atoms with E-state index in [9.17, 15) is 9.59 Å². The second-order valence-corrected chi connectivity index (χ2v) is 8.15. The molecule has 0 saturated carbocycles. The van der Waals surface area contributed by atoms with Gasteiger partial charge in [0.05, 0.1) is 0 Å². The zero-order valence-electron chi connectivity index (χ0n) is 15.1. The Bertz CT molecular complexity index is 919. The van der Waals surface area contributed by atoms with E-state index in [1.807, 2.05) is 44.4 Å². The summed E-state index contributed by atoms with van der Waals surface area (Å²) in [6, 6.07) is 7.92. The van der Waals surface area contributed by atoms with Crippen LogP contribution in [0.3, 0.4) is 0 Å². The fraction of sp³-hybridized carbons (Fsp3) is 0.300. The van der Waals surface area contributed by atoms with Crippen LogP contribution in [0.4, 0.5) is 0 Å². The van der Waals surface area contributed by atoms with Gasteiger partial charge in [0.1, 0.15) is 4.88 Å². The van der Waals surface area contributed by atoms with Gasteiger partial charge < -0.3 is 9.30 Å². The van der Waals surface area contributed by atoms with Crippen LogP contribution in [0.15, 0.2) is 35.0 Å². The molecule has 0 bridgehead atoms. The molecule has 6 heteroatoms. The molecule has 0 aliphatic carbocycles. The van der Waals surface area contributed by atoms with Crippen molar-refractivity contribution in [1.82, 2.24) is 4.57 Å². The van der Waals surface area contributed by atoms with Crippen molar-refractivity contribution in [1.29, 1.82) is 0 Å². The smallest absolute Gasteiger partial charge is 0.349 e. The second kappa shape index (κ2) is 8.01. The molecular formula is C20H21NO3S2. The summed E-state index contributed by atoms with van der Waals surface area (Å²) in [5, 5.41) is 3.91. The van der Waals surface area contributed by atoms with E-state index in [2.05, 4.69) is 16.0 Å². The van der Waals surface area contributed by atoms with Crippen LogP contribution in [0, 0.1) is 20.8 Å². The number of Topliss-reactive ketones (excluding diaryl/α,β-unsaturated/α-hetero) is 1. The lowest BCUT2D eigenvalue weighted by atomic mass is 10.1. The van der Waals surface area contributed by atoms with Crippen LogP contribution in [0.1, 0.15) is 41.9 Å². The highest BCUT2D eigenvalue weighted by Crippen LogP contribution is 2.20. The summed E-state index contributed by atoms with van der Waals surface area (Å²) in [5.74, 6) is -0.597. The summed E-state index contributed by atoms with van der Waals surface area (Å²) in [6.45, 7) is 6.40. The maximum absolute atomic E-state index is 12.5. The number of carbonyl (C=O) groups is 2. The second-order valence-electron chi connectivity index (χ2n) is 6.20. The third-order valence-electron chi connectivity index (χ3n) is 4.42. The van der Waals surface area contributed by atoms with E-state index in [-0.39, 0.29) is 12.4 Å². The van der Waals surface area contributed by atoms with Gasteiger partial charge in [0.15, 0.2) is 6.61 Å². The summed E-state index contributed by atoms with van der Waals surface area (Å²) >= 11 is 3.07. The molecule has 0 saturated heterocycles. The predicted octanol–water partition coefficient (Wildman–Crippen LogP) is 4.82. The monoisotopic (exact) mass is 387 g/mol. The number of aromatic nitrogens is 1. The number of aryl methyl sites for hydroxylation is 3. The van der Waals surface area contributed by atoms with Crippen molar-refractivity contribution < 1.29 is 14.3 Å². The largest absolute Gasteiger partial charge is 0.453 e. The molecule has 0 spiro atoms. The number of hydrogen-bond acceptors (Lipinski definition) is 5. The number of ketones is 1. The molecule has 0 aromatic carbocycles. The van der Waals surface area contributed by atoms with Crippen molar-refractivity contribution in [3.63, 3.8) is 0 Å². The standard InChI is InChI=1S/C20H21NO3S2/c1-13-7-10-26-19(13)20(23)24-12-18(22)17-11-14(2)21(15(17)3)8-6-16-5-4-9-25-16/h4-5,7,9-11H,6,8,12H2,1-3H3. The number of rotatable bonds is 7. The van der Waals surface area contributed by atoms with Crippen LogP contribution < -0.4 is 0 Å². The molecule has 0 radical (unpaired) electrons. The van der Waals surface area contributed by atoms with Gasteiger partial charge >= 0.3 is 5.97 Å². The van der Waals surface area contributed by atoms with Gasteiger partial charge in [-0.3, -0.25) is 4.79 Å². The molecule has 4 nitrogen and oxygen atoms in total. The number of nitrogens with zero attached hydrogens (tertiary/aromatic N) is 1. The lowest BCUT2D eigenvalue weighted by Gasteiger charge is -2.09. The first-order valence-electron chi connectivity index (χ1n) is 8.41. The van der Waals surface area contributed by atoms with Gasteiger partial charge in [0.2, 0.25) is 5.78 Å². The summed E-state index contributed by atoms with van der Waals surface area (Å²) < 4.78 is 7.37. The normalized spacial score (nSPS) is 10.9. The minimum atomic E-state index is -0.433. The molecule has 0 aliphatic rings. The molecule has 3 heterocycles. The Kier molecular flexibility index (Phi) is 5.74. The molecule has 26 heavy (non-hydrogen) atoms. The summed E-state index contributed by atoms with van der Waals surface area (Å²) in [6.07, 6.45) is 0.939. The highest BCUT2D eigenvalue weighted by molar-refractivity contribution is 7.12. The maximum atomic E-state index is 12.5. The highest BCUT2D eigenvalue weighted by atomic mass is 32.1. The van der Waals surface area contributed by atoms with Crippen LogP contribution in [-0.2, 0) is 17.7 Å². The minimum Gasteiger partial charge on any atom is -0.453 e. The van der Waals surface area contributed by atoms with Crippen molar-refractivity contribution in [3.05, 3.63) is 67.3 Å². The van der Waals surface area contributed by atoms with Gasteiger partial charge in [-0.25, -0.2) is 4.79 Å². The van der Waals surface area contributed by atoms with E-state index in [1.54, 1.807) is 11.3 Å². The van der Waals surface area contributed by atoms with E-state index in [1.165, 1.54) is 16.2 Å². The van der Waals surface area contributed by atoms with Crippen molar-refractivity contribution in [2.75, 3.05) is 6.61 Å². The Morgan fingerprint density at radius 2 is 1.92 bits per heavy atom. The van der Waals surface area contributed by atoms with Gasteiger partial charge in [-0.2, -0.15) is 0 Å². The van der Waals surface area contributed by atoms with Crippen LogP contribution in [0.25, 0.3) is 0 Å². The first-order chi connectivity index (χ1) is 12.5. The molecule has 0 fully saturated rings. The van der Waals surface area contributed by atoms with Gasteiger partial charge in [0, 0.05) is 28.4 Å². The molecular weight excluding hydrogens is 366 g/mol. The molecule has 3 aromatic heterocycles. The third kappa shape index (κ3) is 3.97. The lowest BCUT2D eigenvalue weighted by Crippen LogP contribution is -2.15. The van der Waals surface area contributed by atoms with Crippen molar-refractivity contribution >= 4 is 34.4 Å². The first kappa shape index (κ1) is 18.6. The van der Waals surface area contributed by atoms with Crippen LogP contribution >= 0.6 is 22.7 Å². The fourth-order valence-corrected chi connectivity index (χ4v) is 4.48. The van der Waals surface area contributed by atoms with E-state index in [4.69, 9.17) is 4.74 Å². The van der Waals surface area contributed by atoms with Crippen LogP contribution in [0.5, 0.6) is 0 Å². The Morgan fingerprint density at radius 3 is 2.58 bits per heavy atom. The Balaban J connectivity index is 1.65. The predicted molar refractivity (Wildman–Crippen MR) is 106 cm³/mol. The number of esters is 1. The first-order valence-corrected chi connectivity index (χ1v) is 10.2. The van der Waals surface area contributed by atoms with E-state index >= 15 is 0 Å². The maximum Gasteiger partial charge on any atom is 0.349 e. The Morgan fingerprint density at radius 1 is 1.12 bits per heavy atom. The van der Waals surface area contributed by atoms with E-state index < -0.39 is 5.97 Å². The topological polar surface area (TPSA) is 48.3 Å². The zero-order valence-corrected chi connectivity index (χ0v) is 16.7. The quantitative estimate of drug-likeness (QED) is 0.431. The number of hydrogen-bond donors (Lipinski definition) is 0. The number of thiophene rings is 2. The van der Waals surface area contributed by atoms with Crippen molar-refractivity contribution in [3.8, 4) is 0 Å². The van der Waals surface area contributed by atoms with Crippen LogP contribution in [-0.4, -0.2) is 22.9 Å². The molecule has 0 N–H and O–H groups in total. The third-order valence-corrected chi connectivity index (χ3v) is 6.35. The molecule has 0 unspecified atom stereocenters. The number of carbonyl (C=O) groups excluding carboxylic acids is 2. The van der Waals surface area contributed by atoms with Gasteiger partial charge in [-0.05, 0) is 61.7 Å². The molecule has 0 aliphatic heterocycles. The molecule has 0 amide bonds. The van der Waals surface area contributed by atoms with Crippen molar-refractivity contribution in [2.45, 2.75) is 33.7 Å². The molecule has 0 atom stereocenters. The average molecular weight is 388 g/mol. The average Bonchev–Trinajstić information content (AvgIpc) is 3.33. The van der Waals surface area contributed by atoms with Crippen LogP contribution in [0.2, 0.25) is 0 Å². The van der Waals surface area contributed by atoms with E-state index in [0.717, 1.165) is 29.9 Å². The molecule has 3 rings (SSSR count). The Hall–Kier alpha value is -2.18. The summed E-state index contributed by atoms with van der Waals surface area (Å²) in [7, 11) is 0. The SMILES string of the molecule is Cc1ccsc1C(=O)OCC(=O)c1cc(C)n(CCc2cccs2)c1C. The Labute approximate surface area is 161 Å². The minimum absolute atomic E-state index is 0.164. The van der Waals surface area contributed by atoms with Gasteiger partial charge in [-0.15, -0.1) is 22.7 Å². The fourth-order valence-electron chi connectivity index (χ4n) is 2.96. The zero-order chi connectivity index (χ0) is 18.7.